The molecule has 0 saturated carbocycles. The van der Waals surface area contributed by atoms with Crippen LogP contribution in [0, 0.1) is 12.8 Å². The van der Waals surface area contributed by atoms with E-state index in [1.54, 1.807) is 19.1 Å². The van der Waals surface area contributed by atoms with E-state index in [4.69, 9.17) is 5.73 Å². The predicted octanol–water partition coefficient (Wildman–Crippen LogP) is 1.28. The SMILES string of the molecule is Cc1c(O)cccc1C(=O)N(CC(N)=O)CC(C)C. The quantitative estimate of drug-likeness (QED) is 0.840. The maximum Gasteiger partial charge on any atom is 0.254 e. The van der Waals surface area contributed by atoms with Crippen LogP contribution in [0.3, 0.4) is 0 Å². The number of primary amides is 1. The number of nitrogens with zero attached hydrogens (tertiary/aromatic N) is 1. The van der Waals surface area contributed by atoms with Crippen LogP contribution in [0.4, 0.5) is 0 Å². The minimum absolute atomic E-state index is 0.0643. The average molecular weight is 264 g/mol. The Morgan fingerprint density at radius 3 is 2.53 bits per heavy atom. The summed E-state index contributed by atoms with van der Waals surface area (Å²) >= 11 is 0. The third-order valence-electron chi connectivity index (χ3n) is 2.76. The van der Waals surface area contributed by atoms with Gasteiger partial charge in [-0.3, -0.25) is 9.59 Å². The van der Waals surface area contributed by atoms with Crippen LogP contribution in [0.25, 0.3) is 0 Å². The first-order valence-corrected chi connectivity index (χ1v) is 6.19. The summed E-state index contributed by atoms with van der Waals surface area (Å²) in [4.78, 5) is 24.9. The number of carbonyl (C=O) groups excluding carboxylic acids is 2. The summed E-state index contributed by atoms with van der Waals surface area (Å²) in [7, 11) is 0. The molecule has 0 aliphatic heterocycles. The van der Waals surface area contributed by atoms with Crippen molar-refractivity contribution in [1.29, 1.82) is 0 Å². The highest BCUT2D eigenvalue weighted by Gasteiger charge is 2.21. The van der Waals surface area contributed by atoms with Gasteiger partial charge in [0.15, 0.2) is 0 Å². The Labute approximate surface area is 113 Å². The molecule has 5 heteroatoms. The lowest BCUT2D eigenvalue weighted by atomic mass is 10.1. The van der Waals surface area contributed by atoms with Crippen LogP contribution in [0.5, 0.6) is 5.75 Å². The van der Waals surface area contributed by atoms with Gasteiger partial charge < -0.3 is 15.7 Å². The maximum absolute atomic E-state index is 12.4. The average Bonchev–Trinajstić information content (AvgIpc) is 2.30. The van der Waals surface area contributed by atoms with Gasteiger partial charge in [0.25, 0.3) is 5.91 Å². The van der Waals surface area contributed by atoms with Crippen LogP contribution in [-0.4, -0.2) is 34.9 Å². The number of amides is 2. The molecule has 0 aliphatic carbocycles. The van der Waals surface area contributed by atoms with E-state index in [1.807, 2.05) is 13.8 Å². The number of aromatic hydroxyl groups is 1. The third kappa shape index (κ3) is 3.98. The van der Waals surface area contributed by atoms with Crippen LogP contribution in [0.15, 0.2) is 18.2 Å². The molecule has 5 nitrogen and oxygen atoms in total. The molecule has 104 valence electrons. The third-order valence-corrected chi connectivity index (χ3v) is 2.76. The number of nitrogens with two attached hydrogens (primary N) is 1. The molecule has 0 aromatic heterocycles. The lowest BCUT2D eigenvalue weighted by molar-refractivity contribution is -0.118. The van der Waals surface area contributed by atoms with E-state index in [-0.39, 0.29) is 24.1 Å². The zero-order valence-electron chi connectivity index (χ0n) is 11.5. The molecule has 3 N–H and O–H groups in total. The molecule has 0 atom stereocenters. The smallest absolute Gasteiger partial charge is 0.254 e. The zero-order chi connectivity index (χ0) is 14.6. The van der Waals surface area contributed by atoms with Gasteiger partial charge in [0.1, 0.15) is 5.75 Å². The van der Waals surface area contributed by atoms with Crippen molar-refractivity contribution in [3.05, 3.63) is 29.3 Å². The Bertz CT molecular complexity index is 484. The number of rotatable bonds is 5. The Morgan fingerprint density at radius 2 is 2.00 bits per heavy atom. The lowest BCUT2D eigenvalue weighted by Gasteiger charge is -2.24. The highest BCUT2D eigenvalue weighted by molar-refractivity contribution is 5.98. The van der Waals surface area contributed by atoms with Crippen LogP contribution >= 0.6 is 0 Å². The van der Waals surface area contributed by atoms with Gasteiger partial charge in [-0.2, -0.15) is 0 Å². The van der Waals surface area contributed by atoms with Crippen LogP contribution in [-0.2, 0) is 4.79 Å². The zero-order valence-corrected chi connectivity index (χ0v) is 11.5. The fourth-order valence-corrected chi connectivity index (χ4v) is 1.87. The van der Waals surface area contributed by atoms with Crippen molar-refractivity contribution in [2.24, 2.45) is 11.7 Å². The Kier molecular flexibility index (Phi) is 4.92. The number of benzene rings is 1. The van der Waals surface area contributed by atoms with Gasteiger partial charge in [0.2, 0.25) is 5.91 Å². The molecule has 0 aliphatic rings. The number of hydrogen-bond donors (Lipinski definition) is 2. The van der Waals surface area contributed by atoms with Crippen molar-refractivity contribution in [2.75, 3.05) is 13.1 Å². The molecule has 1 aromatic rings. The molecule has 0 bridgehead atoms. The van der Waals surface area contributed by atoms with E-state index in [2.05, 4.69) is 0 Å². The predicted molar refractivity (Wildman–Crippen MR) is 72.8 cm³/mol. The van der Waals surface area contributed by atoms with Crippen LogP contribution in [0.2, 0.25) is 0 Å². The highest BCUT2D eigenvalue weighted by Crippen LogP contribution is 2.21. The van der Waals surface area contributed by atoms with Gasteiger partial charge >= 0.3 is 0 Å². The van der Waals surface area contributed by atoms with Crippen molar-refractivity contribution in [2.45, 2.75) is 20.8 Å². The first-order valence-electron chi connectivity index (χ1n) is 6.19. The normalized spacial score (nSPS) is 10.5. The lowest BCUT2D eigenvalue weighted by Crippen LogP contribution is -2.40. The fourth-order valence-electron chi connectivity index (χ4n) is 1.87. The van der Waals surface area contributed by atoms with Gasteiger partial charge in [-0.15, -0.1) is 0 Å². The Balaban J connectivity index is 3.04. The second-order valence-corrected chi connectivity index (χ2v) is 5.00. The van der Waals surface area contributed by atoms with E-state index in [1.165, 1.54) is 11.0 Å². The minimum atomic E-state index is -0.549. The molecule has 0 radical (unpaired) electrons. The van der Waals surface area contributed by atoms with Gasteiger partial charge in [0.05, 0.1) is 6.54 Å². The van der Waals surface area contributed by atoms with Crippen LogP contribution in [0.1, 0.15) is 29.8 Å². The molecule has 0 fully saturated rings. The summed E-state index contributed by atoms with van der Waals surface area (Å²) < 4.78 is 0. The van der Waals surface area contributed by atoms with Crippen LogP contribution < -0.4 is 5.73 Å². The topological polar surface area (TPSA) is 83.6 Å². The summed E-state index contributed by atoms with van der Waals surface area (Å²) in [5.74, 6) is -0.553. The van der Waals surface area contributed by atoms with Gasteiger partial charge in [-0.25, -0.2) is 0 Å². The number of carbonyl (C=O) groups is 2. The van der Waals surface area contributed by atoms with Gasteiger partial charge in [-0.1, -0.05) is 19.9 Å². The summed E-state index contributed by atoms with van der Waals surface area (Å²) in [5, 5.41) is 9.63. The molecule has 1 aromatic carbocycles. The molecule has 0 unspecified atom stereocenters. The molecule has 0 heterocycles. The molecule has 1 rings (SSSR count). The summed E-state index contributed by atoms with van der Waals surface area (Å²) in [6.07, 6.45) is 0. The maximum atomic E-state index is 12.4. The van der Waals surface area contributed by atoms with Crippen molar-refractivity contribution in [1.82, 2.24) is 4.90 Å². The van der Waals surface area contributed by atoms with E-state index in [0.717, 1.165) is 0 Å². The van der Waals surface area contributed by atoms with Crippen molar-refractivity contribution in [3.8, 4) is 5.75 Å². The number of phenolic OH excluding ortho intramolecular Hbond substituents is 1. The monoisotopic (exact) mass is 264 g/mol. The van der Waals surface area contributed by atoms with Crippen molar-refractivity contribution >= 4 is 11.8 Å². The van der Waals surface area contributed by atoms with E-state index in [0.29, 0.717) is 17.7 Å². The molecule has 0 saturated heterocycles. The second kappa shape index (κ2) is 6.22. The summed E-state index contributed by atoms with van der Waals surface area (Å²) in [5.41, 5.74) is 6.07. The molecular formula is C14H20N2O3. The number of hydrogen-bond acceptors (Lipinski definition) is 3. The molecule has 19 heavy (non-hydrogen) atoms. The molecule has 2 amide bonds. The second-order valence-electron chi connectivity index (χ2n) is 5.00. The van der Waals surface area contributed by atoms with E-state index in [9.17, 15) is 14.7 Å². The van der Waals surface area contributed by atoms with E-state index >= 15 is 0 Å². The Morgan fingerprint density at radius 1 is 1.37 bits per heavy atom. The van der Waals surface area contributed by atoms with Crippen molar-refractivity contribution in [3.63, 3.8) is 0 Å². The first kappa shape index (κ1) is 15.0. The molecular weight excluding hydrogens is 244 g/mol. The first-order chi connectivity index (χ1) is 8.82. The largest absolute Gasteiger partial charge is 0.508 e. The van der Waals surface area contributed by atoms with Gasteiger partial charge in [-0.05, 0) is 25.0 Å². The summed E-state index contributed by atoms with van der Waals surface area (Å²) in [6, 6.07) is 4.76. The van der Waals surface area contributed by atoms with Crippen molar-refractivity contribution < 1.29 is 14.7 Å². The highest BCUT2D eigenvalue weighted by atomic mass is 16.3. The van der Waals surface area contributed by atoms with Gasteiger partial charge in [0, 0.05) is 17.7 Å². The summed E-state index contributed by atoms with van der Waals surface area (Å²) in [6.45, 7) is 5.90. The number of phenols is 1. The Hall–Kier alpha value is -2.04. The molecule has 0 spiro atoms. The van der Waals surface area contributed by atoms with E-state index < -0.39 is 5.91 Å². The minimum Gasteiger partial charge on any atom is -0.508 e. The standard InChI is InChI=1S/C14H20N2O3/c1-9(2)7-16(8-13(15)18)14(19)11-5-4-6-12(17)10(11)3/h4-6,9,17H,7-8H2,1-3H3,(H2,15,18). The fraction of sp³-hybridized carbons (Fsp3) is 0.429.